The summed E-state index contributed by atoms with van der Waals surface area (Å²) >= 11 is 0. The Hall–Kier alpha value is -2.47. The van der Waals surface area contributed by atoms with Gasteiger partial charge in [-0.05, 0) is 35.2 Å². The van der Waals surface area contributed by atoms with E-state index in [-0.39, 0.29) is 28.9 Å². The van der Waals surface area contributed by atoms with Gasteiger partial charge in [-0.25, -0.2) is 4.79 Å². The molecule has 1 amide bonds. The molecule has 0 aliphatic carbocycles. The van der Waals surface area contributed by atoms with Crippen LogP contribution in [0.15, 0.2) is 48.5 Å². The third-order valence-corrected chi connectivity index (χ3v) is 4.89. The van der Waals surface area contributed by atoms with Crippen LogP contribution in [0.1, 0.15) is 41.3 Å². The van der Waals surface area contributed by atoms with E-state index in [0.29, 0.717) is 5.56 Å². The fraction of sp³-hybridized carbons (Fsp3) is 0.263. The van der Waals surface area contributed by atoms with E-state index >= 15 is 0 Å². The standard InChI is InChI=1S/C19H21NO4S/c1-13(2)16-8-3-4-9-17(16)20-18(21)12-25(24)11-14-6-5-7-15(10-14)19(22)23/h3-10,13H,11-12H2,1-2H3,(H,20,21)(H,22,23). The van der Waals surface area contributed by atoms with Crippen molar-refractivity contribution in [2.24, 2.45) is 0 Å². The van der Waals surface area contributed by atoms with E-state index in [0.717, 1.165) is 11.3 Å². The highest BCUT2D eigenvalue weighted by Crippen LogP contribution is 2.23. The lowest BCUT2D eigenvalue weighted by Crippen LogP contribution is -2.21. The second kappa shape index (κ2) is 8.58. The number of nitrogens with one attached hydrogen (secondary N) is 1. The topological polar surface area (TPSA) is 83.5 Å². The normalized spacial score (nSPS) is 12.0. The summed E-state index contributed by atoms with van der Waals surface area (Å²) in [6.45, 7) is 4.08. The first kappa shape index (κ1) is 18.9. The number of benzene rings is 2. The molecule has 132 valence electrons. The maximum Gasteiger partial charge on any atom is 0.335 e. The number of aromatic carboxylic acids is 1. The van der Waals surface area contributed by atoms with E-state index in [2.05, 4.69) is 5.32 Å². The highest BCUT2D eigenvalue weighted by Gasteiger charge is 2.13. The number of carboxylic acids is 1. The number of carboxylic acid groups (broad SMARTS) is 1. The van der Waals surface area contributed by atoms with Gasteiger partial charge in [0.1, 0.15) is 5.75 Å². The van der Waals surface area contributed by atoms with Crippen molar-refractivity contribution in [2.45, 2.75) is 25.5 Å². The Bertz CT molecular complexity index is 802. The molecule has 0 aromatic heterocycles. The minimum Gasteiger partial charge on any atom is -0.478 e. The Morgan fingerprint density at radius 3 is 2.52 bits per heavy atom. The second-order valence-corrected chi connectivity index (χ2v) is 7.48. The summed E-state index contributed by atoms with van der Waals surface area (Å²) in [6.07, 6.45) is 0. The molecule has 2 rings (SSSR count). The molecule has 0 saturated carbocycles. The molecule has 2 N–H and O–H groups in total. The number of rotatable bonds is 7. The summed E-state index contributed by atoms with van der Waals surface area (Å²) in [5, 5.41) is 11.8. The molecular weight excluding hydrogens is 338 g/mol. The van der Waals surface area contributed by atoms with Crippen molar-refractivity contribution in [3.05, 3.63) is 65.2 Å². The van der Waals surface area contributed by atoms with Crippen LogP contribution in [0.25, 0.3) is 0 Å². The van der Waals surface area contributed by atoms with Crippen LogP contribution in [0.5, 0.6) is 0 Å². The average molecular weight is 359 g/mol. The zero-order chi connectivity index (χ0) is 18.4. The maximum atomic E-state index is 12.2. The van der Waals surface area contributed by atoms with Gasteiger partial charge in [0.2, 0.25) is 5.91 Å². The van der Waals surface area contributed by atoms with Crippen molar-refractivity contribution in [3.8, 4) is 0 Å². The summed E-state index contributed by atoms with van der Waals surface area (Å²) < 4.78 is 12.2. The summed E-state index contributed by atoms with van der Waals surface area (Å²) in [4.78, 5) is 23.1. The lowest BCUT2D eigenvalue weighted by molar-refractivity contribution is -0.113. The van der Waals surface area contributed by atoms with Crippen LogP contribution in [0.3, 0.4) is 0 Å². The predicted octanol–water partition coefficient (Wildman–Crippen LogP) is 3.40. The van der Waals surface area contributed by atoms with Gasteiger partial charge in [0.25, 0.3) is 0 Å². The Balaban J connectivity index is 1.98. The Morgan fingerprint density at radius 2 is 1.84 bits per heavy atom. The summed E-state index contributed by atoms with van der Waals surface area (Å²) in [5.74, 6) is -1.08. The molecule has 2 aromatic rings. The molecule has 6 heteroatoms. The minimum atomic E-state index is -1.42. The average Bonchev–Trinajstić information content (AvgIpc) is 2.55. The van der Waals surface area contributed by atoms with Gasteiger partial charge in [-0.2, -0.15) is 0 Å². The van der Waals surface area contributed by atoms with E-state index < -0.39 is 16.8 Å². The summed E-state index contributed by atoms with van der Waals surface area (Å²) in [7, 11) is -1.42. The van der Waals surface area contributed by atoms with Crippen molar-refractivity contribution >= 4 is 28.4 Å². The largest absolute Gasteiger partial charge is 0.478 e. The molecule has 2 aromatic carbocycles. The second-order valence-electron chi connectivity index (χ2n) is 6.02. The van der Waals surface area contributed by atoms with Crippen molar-refractivity contribution in [1.29, 1.82) is 0 Å². The molecule has 0 heterocycles. The molecule has 1 unspecified atom stereocenters. The number of carbonyl (C=O) groups is 2. The smallest absolute Gasteiger partial charge is 0.335 e. The number of hydrogen-bond donors (Lipinski definition) is 2. The van der Waals surface area contributed by atoms with Gasteiger partial charge in [0, 0.05) is 22.2 Å². The van der Waals surface area contributed by atoms with Gasteiger partial charge in [-0.3, -0.25) is 9.00 Å². The highest BCUT2D eigenvalue weighted by molar-refractivity contribution is 7.84. The zero-order valence-corrected chi connectivity index (χ0v) is 15.0. The molecule has 0 radical (unpaired) electrons. The number of amides is 1. The molecule has 25 heavy (non-hydrogen) atoms. The Kier molecular flexibility index (Phi) is 6.47. The highest BCUT2D eigenvalue weighted by atomic mass is 32.2. The first-order valence-corrected chi connectivity index (χ1v) is 9.41. The number of hydrogen-bond acceptors (Lipinski definition) is 3. The molecule has 0 aliphatic rings. The van der Waals surface area contributed by atoms with Crippen molar-refractivity contribution in [3.63, 3.8) is 0 Å². The van der Waals surface area contributed by atoms with Crippen LogP contribution >= 0.6 is 0 Å². The van der Waals surface area contributed by atoms with Crippen molar-refractivity contribution in [2.75, 3.05) is 11.1 Å². The van der Waals surface area contributed by atoms with Crippen LogP contribution in [0.2, 0.25) is 0 Å². The Labute approximate surface area is 149 Å². The molecule has 0 saturated heterocycles. The lowest BCUT2D eigenvalue weighted by atomic mass is 10.0. The van der Waals surface area contributed by atoms with Gasteiger partial charge in [0.05, 0.1) is 5.56 Å². The van der Waals surface area contributed by atoms with Gasteiger partial charge in [-0.1, -0.05) is 44.2 Å². The fourth-order valence-electron chi connectivity index (χ4n) is 2.48. The number of anilines is 1. The lowest BCUT2D eigenvalue weighted by Gasteiger charge is -2.13. The van der Waals surface area contributed by atoms with Crippen LogP contribution in [-0.2, 0) is 21.3 Å². The maximum absolute atomic E-state index is 12.2. The van der Waals surface area contributed by atoms with E-state index in [1.807, 2.05) is 38.1 Å². The van der Waals surface area contributed by atoms with Crippen molar-refractivity contribution < 1.29 is 18.9 Å². The third kappa shape index (κ3) is 5.53. The van der Waals surface area contributed by atoms with E-state index in [1.165, 1.54) is 12.1 Å². The molecule has 0 aliphatic heterocycles. The van der Waals surface area contributed by atoms with Crippen molar-refractivity contribution in [1.82, 2.24) is 0 Å². The van der Waals surface area contributed by atoms with Crippen LogP contribution in [0, 0.1) is 0 Å². The first-order valence-electron chi connectivity index (χ1n) is 7.93. The molecule has 5 nitrogen and oxygen atoms in total. The quantitative estimate of drug-likeness (QED) is 0.794. The summed E-state index contributed by atoms with van der Waals surface area (Å²) in [5.41, 5.74) is 2.53. The Morgan fingerprint density at radius 1 is 1.12 bits per heavy atom. The van der Waals surface area contributed by atoms with Crippen LogP contribution in [-0.4, -0.2) is 26.9 Å². The number of para-hydroxylation sites is 1. The fourth-order valence-corrected chi connectivity index (χ4v) is 3.50. The van der Waals surface area contributed by atoms with Gasteiger partial charge in [-0.15, -0.1) is 0 Å². The zero-order valence-electron chi connectivity index (χ0n) is 14.2. The molecular formula is C19H21NO4S. The molecule has 0 bridgehead atoms. The molecule has 0 fully saturated rings. The van der Waals surface area contributed by atoms with E-state index in [1.54, 1.807) is 12.1 Å². The number of carbonyl (C=O) groups excluding carboxylic acids is 1. The van der Waals surface area contributed by atoms with E-state index in [9.17, 15) is 13.8 Å². The molecule has 0 spiro atoms. The third-order valence-electron chi connectivity index (χ3n) is 3.65. The van der Waals surface area contributed by atoms with Gasteiger partial charge in [0.15, 0.2) is 0 Å². The van der Waals surface area contributed by atoms with Crippen LogP contribution in [0.4, 0.5) is 5.69 Å². The minimum absolute atomic E-state index is 0.135. The monoisotopic (exact) mass is 359 g/mol. The first-order chi connectivity index (χ1) is 11.9. The predicted molar refractivity (Wildman–Crippen MR) is 99.3 cm³/mol. The van der Waals surface area contributed by atoms with Crippen LogP contribution < -0.4 is 5.32 Å². The van der Waals surface area contributed by atoms with Gasteiger partial charge < -0.3 is 10.4 Å². The summed E-state index contributed by atoms with van der Waals surface area (Å²) in [6, 6.07) is 13.8. The molecule has 1 atom stereocenters. The van der Waals surface area contributed by atoms with Gasteiger partial charge >= 0.3 is 5.97 Å². The van der Waals surface area contributed by atoms with E-state index in [4.69, 9.17) is 5.11 Å². The SMILES string of the molecule is CC(C)c1ccccc1NC(=O)CS(=O)Cc1cccc(C(=O)O)c1.